The van der Waals surface area contributed by atoms with Crippen LogP contribution in [0.25, 0.3) is 0 Å². The van der Waals surface area contributed by atoms with Gasteiger partial charge in [0, 0.05) is 20.3 Å². The Bertz CT molecular complexity index is 396. The van der Waals surface area contributed by atoms with Gasteiger partial charge in [-0.1, -0.05) is 6.07 Å². The zero-order chi connectivity index (χ0) is 13.4. The number of esters is 1. The van der Waals surface area contributed by atoms with E-state index in [-0.39, 0.29) is 5.56 Å². The molecule has 0 spiro atoms. The van der Waals surface area contributed by atoms with Crippen LogP contribution in [0, 0.1) is 5.82 Å². The molecule has 0 unspecified atom stereocenters. The summed E-state index contributed by atoms with van der Waals surface area (Å²) in [6, 6.07) is 4.49. The van der Waals surface area contributed by atoms with E-state index in [0.29, 0.717) is 13.2 Å². The van der Waals surface area contributed by atoms with Crippen molar-refractivity contribution in [1.82, 2.24) is 5.32 Å². The van der Waals surface area contributed by atoms with Crippen molar-refractivity contribution in [2.75, 3.05) is 27.4 Å². The van der Waals surface area contributed by atoms with Crippen LogP contribution in [0.1, 0.15) is 22.3 Å². The van der Waals surface area contributed by atoms with Crippen molar-refractivity contribution in [3.8, 4) is 0 Å². The summed E-state index contributed by atoms with van der Waals surface area (Å²) in [6.45, 7) is 2.05. The summed E-state index contributed by atoms with van der Waals surface area (Å²) in [5.74, 6) is -1.22. The molecule has 0 aromatic heterocycles. The van der Waals surface area contributed by atoms with Crippen molar-refractivity contribution in [3.63, 3.8) is 0 Å². The second-order valence-corrected chi connectivity index (χ2v) is 3.83. The highest BCUT2D eigenvalue weighted by Crippen LogP contribution is 2.11. The Hall–Kier alpha value is -1.46. The van der Waals surface area contributed by atoms with Crippen molar-refractivity contribution < 1.29 is 18.7 Å². The summed E-state index contributed by atoms with van der Waals surface area (Å²) in [7, 11) is 2.88. The average molecular weight is 255 g/mol. The fourth-order valence-corrected chi connectivity index (χ4v) is 1.52. The molecule has 1 aromatic rings. The van der Waals surface area contributed by atoms with E-state index in [9.17, 15) is 9.18 Å². The molecule has 0 aliphatic rings. The van der Waals surface area contributed by atoms with Gasteiger partial charge in [-0.05, 0) is 30.7 Å². The molecular weight excluding hydrogens is 237 g/mol. The quantitative estimate of drug-likeness (QED) is 0.595. The van der Waals surface area contributed by atoms with E-state index in [1.54, 1.807) is 13.2 Å². The van der Waals surface area contributed by atoms with Crippen LogP contribution in [-0.2, 0) is 16.0 Å². The van der Waals surface area contributed by atoms with Crippen LogP contribution in [0.2, 0.25) is 0 Å². The van der Waals surface area contributed by atoms with E-state index in [0.717, 1.165) is 18.5 Å². The molecule has 0 amide bonds. The number of rotatable bonds is 7. The van der Waals surface area contributed by atoms with Crippen LogP contribution < -0.4 is 5.32 Å². The normalized spacial score (nSPS) is 10.4. The Balaban J connectivity index is 2.49. The molecule has 18 heavy (non-hydrogen) atoms. The molecule has 0 saturated carbocycles. The molecule has 1 aromatic carbocycles. The molecule has 1 N–H and O–H groups in total. The SMILES string of the molecule is COCCCNCc1ccc(C(=O)OC)c(F)c1. The first-order chi connectivity index (χ1) is 8.69. The molecule has 0 heterocycles. The number of benzene rings is 1. The maximum absolute atomic E-state index is 13.6. The number of hydrogen-bond acceptors (Lipinski definition) is 4. The van der Waals surface area contributed by atoms with Crippen LogP contribution in [0.15, 0.2) is 18.2 Å². The minimum atomic E-state index is -0.660. The number of methoxy groups -OCH3 is 2. The van der Waals surface area contributed by atoms with Crippen molar-refractivity contribution >= 4 is 5.97 Å². The predicted molar refractivity (Wildman–Crippen MR) is 65.9 cm³/mol. The standard InChI is InChI=1S/C13H18FNO3/c1-17-7-3-6-15-9-10-4-5-11(12(14)8-10)13(16)18-2/h4-5,8,15H,3,6-7,9H2,1-2H3. The van der Waals surface area contributed by atoms with Gasteiger partial charge in [0.05, 0.1) is 12.7 Å². The Morgan fingerprint density at radius 2 is 2.17 bits per heavy atom. The van der Waals surface area contributed by atoms with Crippen molar-refractivity contribution in [3.05, 3.63) is 35.1 Å². The summed E-state index contributed by atoms with van der Waals surface area (Å²) >= 11 is 0. The van der Waals surface area contributed by atoms with E-state index in [1.165, 1.54) is 19.2 Å². The first kappa shape index (κ1) is 14.6. The first-order valence-electron chi connectivity index (χ1n) is 5.75. The molecule has 0 atom stereocenters. The monoisotopic (exact) mass is 255 g/mol. The molecule has 0 fully saturated rings. The Morgan fingerprint density at radius 1 is 1.39 bits per heavy atom. The smallest absolute Gasteiger partial charge is 0.340 e. The van der Waals surface area contributed by atoms with Gasteiger partial charge < -0.3 is 14.8 Å². The van der Waals surface area contributed by atoms with Crippen LogP contribution in [0.3, 0.4) is 0 Å². The number of nitrogens with one attached hydrogen (secondary N) is 1. The summed E-state index contributed by atoms with van der Waals surface area (Å²) in [5, 5.41) is 3.16. The minimum Gasteiger partial charge on any atom is -0.465 e. The molecule has 5 heteroatoms. The zero-order valence-electron chi connectivity index (χ0n) is 10.7. The lowest BCUT2D eigenvalue weighted by molar-refractivity contribution is 0.0595. The first-order valence-corrected chi connectivity index (χ1v) is 5.75. The third kappa shape index (κ3) is 4.43. The highest BCUT2D eigenvalue weighted by molar-refractivity contribution is 5.89. The van der Waals surface area contributed by atoms with Crippen molar-refractivity contribution in [2.24, 2.45) is 0 Å². The average Bonchev–Trinajstić information content (AvgIpc) is 2.38. The van der Waals surface area contributed by atoms with E-state index < -0.39 is 11.8 Å². The van der Waals surface area contributed by atoms with Gasteiger partial charge in [-0.25, -0.2) is 9.18 Å². The van der Waals surface area contributed by atoms with Crippen LogP contribution in [-0.4, -0.2) is 33.3 Å². The maximum Gasteiger partial charge on any atom is 0.340 e. The molecule has 100 valence electrons. The van der Waals surface area contributed by atoms with Gasteiger partial charge in [-0.3, -0.25) is 0 Å². The number of halogens is 1. The largest absolute Gasteiger partial charge is 0.465 e. The van der Waals surface area contributed by atoms with Crippen LogP contribution >= 0.6 is 0 Å². The minimum absolute atomic E-state index is 0.0411. The molecule has 0 saturated heterocycles. The molecule has 4 nitrogen and oxygen atoms in total. The Labute approximate surface area is 106 Å². The molecule has 0 radical (unpaired) electrons. The van der Waals surface area contributed by atoms with Crippen molar-refractivity contribution in [1.29, 1.82) is 0 Å². The van der Waals surface area contributed by atoms with Crippen LogP contribution in [0.5, 0.6) is 0 Å². The lowest BCUT2D eigenvalue weighted by Gasteiger charge is -2.06. The van der Waals surface area contributed by atoms with Gasteiger partial charge in [0.1, 0.15) is 5.82 Å². The summed E-state index contributed by atoms with van der Waals surface area (Å²) in [5.41, 5.74) is 0.748. The lowest BCUT2D eigenvalue weighted by Crippen LogP contribution is -2.16. The molecule has 1 rings (SSSR count). The third-order valence-corrected chi connectivity index (χ3v) is 2.47. The molecule has 0 bridgehead atoms. The molecular formula is C13H18FNO3. The van der Waals surface area contributed by atoms with Gasteiger partial charge >= 0.3 is 5.97 Å². The second kappa shape index (κ2) is 7.79. The van der Waals surface area contributed by atoms with E-state index in [2.05, 4.69) is 10.1 Å². The zero-order valence-corrected chi connectivity index (χ0v) is 10.7. The number of carbonyl (C=O) groups is 1. The summed E-state index contributed by atoms with van der Waals surface area (Å²) in [6.07, 6.45) is 0.902. The van der Waals surface area contributed by atoms with Gasteiger partial charge in [-0.2, -0.15) is 0 Å². The number of hydrogen-bond donors (Lipinski definition) is 1. The van der Waals surface area contributed by atoms with E-state index >= 15 is 0 Å². The Kier molecular flexibility index (Phi) is 6.32. The molecule has 0 aliphatic carbocycles. The summed E-state index contributed by atoms with van der Waals surface area (Å²) < 4.78 is 23.0. The third-order valence-electron chi connectivity index (χ3n) is 2.47. The lowest BCUT2D eigenvalue weighted by atomic mass is 10.1. The number of carbonyl (C=O) groups excluding carboxylic acids is 1. The predicted octanol–water partition coefficient (Wildman–Crippen LogP) is 1.74. The second-order valence-electron chi connectivity index (χ2n) is 3.83. The fraction of sp³-hybridized carbons (Fsp3) is 0.462. The molecule has 0 aliphatic heterocycles. The van der Waals surface area contributed by atoms with E-state index in [1.807, 2.05) is 0 Å². The topological polar surface area (TPSA) is 47.6 Å². The van der Waals surface area contributed by atoms with E-state index in [4.69, 9.17) is 4.74 Å². The van der Waals surface area contributed by atoms with Gasteiger partial charge in [-0.15, -0.1) is 0 Å². The highest BCUT2D eigenvalue weighted by Gasteiger charge is 2.11. The van der Waals surface area contributed by atoms with Crippen LogP contribution in [0.4, 0.5) is 4.39 Å². The maximum atomic E-state index is 13.6. The summed E-state index contributed by atoms with van der Waals surface area (Å²) in [4.78, 5) is 11.2. The number of ether oxygens (including phenoxy) is 2. The van der Waals surface area contributed by atoms with Crippen molar-refractivity contribution in [2.45, 2.75) is 13.0 Å². The highest BCUT2D eigenvalue weighted by atomic mass is 19.1. The van der Waals surface area contributed by atoms with Gasteiger partial charge in [0.15, 0.2) is 0 Å². The Morgan fingerprint density at radius 3 is 2.78 bits per heavy atom. The van der Waals surface area contributed by atoms with Gasteiger partial charge in [0.2, 0.25) is 0 Å². The van der Waals surface area contributed by atoms with Gasteiger partial charge in [0.25, 0.3) is 0 Å². The fourth-order valence-electron chi connectivity index (χ4n) is 1.52.